The fourth-order valence-corrected chi connectivity index (χ4v) is 4.70. The molecular weight excluding hydrogens is 522 g/mol. The highest BCUT2D eigenvalue weighted by Gasteiger charge is 2.33. The van der Waals surface area contributed by atoms with E-state index in [4.69, 9.17) is 21.4 Å². The van der Waals surface area contributed by atoms with Crippen LogP contribution in [0.1, 0.15) is 35.9 Å². The summed E-state index contributed by atoms with van der Waals surface area (Å²) >= 11 is 10.1. The molecule has 8 heteroatoms. The van der Waals surface area contributed by atoms with Crippen molar-refractivity contribution in [1.29, 1.82) is 0 Å². The molecule has 4 rings (SSSR count). The van der Waals surface area contributed by atoms with Gasteiger partial charge in [-0.25, -0.2) is 4.79 Å². The van der Waals surface area contributed by atoms with Crippen molar-refractivity contribution in [3.05, 3.63) is 81.4 Å². The summed E-state index contributed by atoms with van der Waals surface area (Å²) in [6.07, 6.45) is 3.52. The molecule has 0 atom stereocenters. The Hall–Kier alpha value is -2.68. The molecule has 0 unspecified atom stereocenters. The van der Waals surface area contributed by atoms with Crippen LogP contribution in [0.25, 0.3) is 17.4 Å². The number of esters is 1. The number of carbonyl (C=O) groups excluding carboxylic acids is 2. The van der Waals surface area contributed by atoms with Gasteiger partial charge in [0.25, 0.3) is 5.91 Å². The van der Waals surface area contributed by atoms with Gasteiger partial charge in [-0.1, -0.05) is 65.4 Å². The van der Waals surface area contributed by atoms with E-state index in [-0.39, 0.29) is 11.9 Å². The van der Waals surface area contributed by atoms with Crippen molar-refractivity contribution in [2.24, 2.45) is 0 Å². The standard InChI is InChI=1S/C25H20BrNO4S2/c1-2-3-14-30-24(29)17-6-4-16(5-7-17)21-13-12-20(31-21)15-22-23(28)27(25(32)33-22)19-10-8-18(26)9-11-19/h4-13,15H,2-3,14H2,1H3/b22-15+. The smallest absolute Gasteiger partial charge is 0.338 e. The number of amides is 1. The van der Waals surface area contributed by atoms with E-state index >= 15 is 0 Å². The molecule has 1 fully saturated rings. The van der Waals surface area contributed by atoms with Gasteiger partial charge in [-0.15, -0.1) is 0 Å². The molecule has 0 spiro atoms. The van der Waals surface area contributed by atoms with E-state index in [0.717, 1.165) is 28.6 Å². The molecule has 3 aromatic rings. The van der Waals surface area contributed by atoms with Gasteiger partial charge < -0.3 is 9.15 Å². The Kier molecular flexibility index (Phi) is 7.47. The van der Waals surface area contributed by atoms with Gasteiger partial charge in [0.2, 0.25) is 0 Å². The monoisotopic (exact) mass is 541 g/mol. The van der Waals surface area contributed by atoms with Crippen LogP contribution in [0.15, 0.2) is 74.5 Å². The number of rotatable bonds is 7. The Labute approximate surface area is 209 Å². The van der Waals surface area contributed by atoms with Crippen LogP contribution in [0.5, 0.6) is 0 Å². The fourth-order valence-electron chi connectivity index (χ4n) is 3.16. The van der Waals surface area contributed by atoms with E-state index in [2.05, 4.69) is 15.9 Å². The van der Waals surface area contributed by atoms with Crippen LogP contribution in [-0.2, 0) is 9.53 Å². The number of anilines is 1. The number of thioether (sulfide) groups is 1. The minimum absolute atomic E-state index is 0.184. The number of hydrogen-bond donors (Lipinski definition) is 0. The number of furan rings is 1. The van der Waals surface area contributed by atoms with Gasteiger partial charge in [0.15, 0.2) is 4.32 Å². The molecule has 0 aliphatic carbocycles. The normalized spacial score (nSPS) is 14.8. The molecule has 2 heterocycles. The zero-order valence-electron chi connectivity index (χ0n) is 17.7. The average molecular weight is 542 g/mol. The highest BCUT2D eigenvalue weighted by atomic mass is 79.9. The molecule has 0 radical (unpaired) electrons. The number of unbranched alkanes of at least 4 members (excludes halogenated alkanes) is 1. The van der Waals surface area contributed by atoms with Crippen LogP contribution in [0.3, 0.4) is 0 Å². The first-order valence-corrected chi connectivity index (χ1v) is 12.4. The topological polar surface area (TPSA) is 59.8 Å². The summed E-state index contributed by atoms with van der Waals surface area (Å²) in [5, 5.41) is 0. The van der Waals surface area contributed by atoms with E-state index in [0.29, 0.717) is 32.9 Å². The Morgan fingerprint density at radius 1 is 1.12 bits per heavy atom. The molecule has 1 aromatic heterocycles. The maximum atomic E-state index is 12.9. The summed E-state index contributed by atoms with van der Waals surface area (Å²) in [6, 6.07) is 18.1. The quantitative estimate of drug-likeness (QED) is 0.138. The predicted octanol–water partition coefficient (Wildman–Crippen LogP) is 7.07. The van der Waals surface area contributed by atoms with Gasteiger partial charge >= 0.3 is 5.97 Å². The Balaban J connectivity index is 1.47. The molecule has 0 saturated carbocycles. The molecule has 0 bridgehead atoms. The number of halogens is 1. The molecule has 0 N–H and O–H groups in total. The fraction of sp³-hybridized carbons (Fsp3) is 0.160. The van der Waals surface area contributed by atoms with Gasteiger partial charge in [-0.3, -0.25) is 9.69 Å². The summed E-state index contributed by atoms with van der Waals surface area (Å²) in [5.41, 5.74) is 2.04. The number of thiocarbonyl (C=S) groups is 1. The predicted molar refractivity (Wildman–Crippen MR) is 139 cm³/mol. The third-order valence-corrected chi connectivity index (χ3v) is 6.75. The number of benzene rings is 2. The highest BCUT2D eigenvalue weighted by molar-refractivity contribution is 9.10. The van der Waals surface area contributed by atoms with Crippen LogP contribution in [0.2, 0.25) is 0 Å². The van der Waals surface area contributed by atoms with Crippen molar-refractivity contribution in [2.45, 2.75) is 19.8 Å². The Bertz CT molecular complexity index is 1220. The Morgan fingerprint density at radius 3 is 2.55 bits per heavy atom. The maximum Gasteiger partial charge on any atom is 0.338 e. The third kappa shape index (κ3) is 5.46. The second-order valence-electron chi connectivity index (χ2n) is 7.26. The maximum absolute atomic E-state index is 12.9. The van der Waals surface area contributed by atoms with Crippen molar-refractivity contribution in [3.8, 4) is 11.3 Å². The molecule has 168 valence electrons. The first kappa shape index (κ1) is 23.5. The minimum atomic E-state index is -0.331. The second kappa shape index (κ2) is 10.5. The summed E-state index contributed by atoms with van der Waals surface area (Å²) in [7, 11) is 0. The van der Waals surface area contributed by atoms with Crippen molar-refractivity contribution in [1.82, 2.24) is 0 Å². The van der Waals surface area contributed by atoms with Crippen LogP contribution in [0, 0.1) is 0 Å². The first-order chi connectivity index (χ1) is 16.0. The molecule has 33 heavy (non-hydrogen) atoms. The molecular formula is C25H20BrNO4S2. The van der Waals surface area contributed by atoms with Crippen LogP contribution in [-0.4, -0.2) is 22.8 Å². The number of ether oxygens (including phenoxy) is 1. The third-order valence-electron chi connectivity index (χ3n) is 4.91. The zero-order valence-corrected chi connectivity index (χ0v) is 21.0. The van der Waals surface area contributed by atoms with Gasteiger partial charge in [-0.2, -0.15) is 0 Å². The largest absolute Gasteiger partial charge is 0.462 e. The molecule has 1 saturated heterocycles. The van der Waals surface area contributed by atoms with Crippen LogP contribution in [0.4, 0.5) is 5.69 Å². The minimum Gasteiger partial charge on any atom is -0.462 e. The number of hydrogen-bond acceptors (Lipinski definition) is 6. The summed E-state index contributed by atoms with van der Waals surface area (Å²) in [4.78, 5) is 27.0. The van der Waals surface area contributed by atoms with Crippen molar-refractivity contribution in [2.75, 3.05) is 11.5 Å². The molecule has 2 aromatic carbocycles. The van der Waals surface area contributed by atoms with Crippen molar-refractivity contribution >= 4 is 67.9 Å². The highest BCUT2D eigenvalue weighted by Crippen LogP contribution is 2.37. The van der Waals surface area contributed by atoms with Crippen molar-refractivity contribution in [3.63, 3.8) is 0 Å². The molecule has 1 amide bonds. The summed E-state index contributed by atoms with van der Waals surface area (Å²) < 4.78 is 12.6. The van der Waals surface area contributed by atoms with Gasteiger partial charge in [0, 0.05) is 16.1 Å². The zero-order chi connectivity index (χ0) is 23.4. The lowest BCUT2D eigenvalue weighted by atomic mass is 10.1. The Morgan fingerprint density at radius 2 is 1.85 bits per heavy atom. The second-order valence-corrected chi connectivity index (χ2v) is 9.85. The van der Waals surface area contributed by atoms with Gasteiger partial charge in [0.05, 0.1) is 22.8 Å². The van der Waals surface area contributed by atoms with Gasteiger partial charge in [0.1, 0.15) is 11.5 Å². The summed E-state index contributed by atoms with van der Waals surface area (Å²) in [6.45, 7) is 2.47. The SMILES string of the molecule is CCCCOC(=O)c1ccc(-c2ccc(/C=C3/SC(=S)N(c4ccc(Br)cc4)C3=O)o2)cc1. The van der Waals surface area contributed by atoms with E-state index in [1.165, 1.54) is 16.7 Å². The molecule has 5 nitrogen and oxygen atoms in total. The number of nitrogens with zero attached hydrogens (tertiary/aromatic N) is 1. The molecule has 1 aliphatic rings. The van der Waals surface area contributed by atoms with Crippen molar-refractivity contribution < 1.29 is 18.7 Å². The average Bonchev–Trinajstić information content (AvgIpc) is 3.39. The van der Waals surface area contributed by atoms with Crippen LogP contribution < -0.4 is 4.90 Å². The molecule has 1 aliphatic heterocycles. The first-order valence-electron chi connectivity index (χ1n) is 10.4. The van der Waals surface area contributed by atoms with E-state index in [1.54, 1.807) is 24.3 Å². The summed E-state index contributed by atoms with van der Waals surface area (Å²) in [5.74, 6) is 0.666. The lowest BCUT2D eigenvalue weighted by Gasteiger charge is -2.14. The van der Waals surface area contributed by atoms with Gasteiger partial charge in [-0.05, 0) is 55.0 Å². The lowest BCUT2D eigenvalue weighted by molar-refractivity contribution is -0.113. The van der Waals surface area contributed by atoms with E-state index in [9.17, 15) is 9.59 Å². The van der Waals surface area contributed by atoms with E-state index < -0.39 is 0 Å². The number of carbonyl (C=O) groups is 2. The van der Waals surface area contributed by atoms with E-state index in [1.807, 2.05) is 49.4 Å². The van der Waals surface area contributed by atoms with Crippen LogP contribution >= 0.6 is 39.9 Å². The lowest BCUT2D eigenvalue weighted by Crippen LogP contribution is -2.27.